The van der Waals surface area contributed by atoms with Crippen molar-refractivity contribution in [3.05, 3.63) is 131 Å². The molecule has 0 spiro atoms. The zero-order valence-electron chi connectivity index (χ0n) is 20.7. The standard InChI is InChI=1S/C32H23ClN2O4/c33-29-13-7-6-12-27(29)32(37)39-30-19-16-24-10-4-5-11-26(24)28(30)20-34-35-31(36)21-38-25-17-14-23(15-18-25)22-8-2-1-3-9-22/h1-20H,21H2,(H,35,36)/b34-20+. The van der Waals surface area contributed by atoms with Gasteiger partial charge in [0.05, 0.1) is 16.8 Å². The fraction of sp³-hybridized carbons (Fsp3) is 0.0312. The first kappa shape index (κ1) is 25.7. The van der Waals surface area contributed by atoms with Crippen molar-refractivity contribution in [3.8, 4) is 22.6 Å². The molecule has 6 nitrogen and oxygen atoms in total. The third-order valence-corrected chi connectivity index (χ3v) is 6.27. The van der Waals surface area contributed by atoms with Crippen molar-refractivity contribution in [1.82, 2.24) is 5.43 Å². The highest BCUT2D eigenvalue weighted by atomic mass is 35.5. The smallest absolute Gasteiger partial charge is 0.345 e. The van der Waals surface area contributed by atoms with Crippen LogP contribution in [0.15, 0.2) is 120 Å². The molecule has 0 unspecified atom stereocenters. The average Bonchev–Trinajstić information content (AvgIpc) is 2.98. The molecule has 7 heteroatoms. The first-order chi connectivity index (χ1) is 19.1. The molecule has 0 radical (unpaired) electrons. The number of amides is 1. The van der Waals surface area contributed by atoms with E-state index in [4.69, 9.17) is 21.1 Å². The number of rotatable bonds is 8. The second kappa shape index (κ2) is 12.1. The van der Waals surface area contributed by atoms with E-state index in [1.807, 2.05) is 84.9 Å². The van der Waals surface area contributed by atoms with Crippen LogP contribution in [0.5, 0.6) is 11.5 Å². The Morgan fingerprint density at radius 1 is 0.769 bits per heavy atom. The second-order valence-electron chi connectivity index (χ2n) is 8.54. The molecule has 0 aliphatic rings. The predicted molar refractivity (Wildman–Crippen MR) is 153 cm³/mol. The van der Waals surface area contributed by atoms with E-state index < -0.39 is 11.9 Å². The highest BCUT2D eigenvalue weighted by molar-refractivity contribution is 6.33. The fourth-order valence-corrected chi connectivity index (χ4v) is 4.22. The average molecular weight is 535 g/mol. The van der Waals surface area contributed by atoms with Crippen molar-refractivity contribution >= 4 is 40.5 Å². The summed E-state index contributed by atoms with van der Waals surface area (Å²) >= 11 is 6.16. The molecule has 0 heterocycles. The van der Waals surface area contributed by atoms with Crippen molar-refractivity contribution in [3.63, 3.8) is 0 Å². The summed E-state index contributed by atoms with van der Waals surface area (Å²) < 4.78 is 11.3. The Morgan fingerprint density at radius 2 is 1.46 bits per heavy atom. The Kier molecular flexibility index (Phi) is 7.95. The van der Waals surface area contributed by atoms with Gasteiger partial charge in [0.15, 0.2) is 6.61 Å². The Hall–Kier alpha value is -4.94. The highest BCUT2D eigenvalue weighted by Crippen LogP contribution is 2.28. The highest BCUT2D eigenvalue weighted by Gasteiger charge is 2.16. The van der Waals surface area contributed by atoms with Crippen molar-refractivity contribution < 1.29 is 19.1 Å². The van der Waals surface area contributed by atoms with Crippen molar-refractivity contribution in [2.45, 2.75) is 0 Å². The van der Waals surface area contributed by atoms with Crippen molar-refractivity contribution in [2.24, 2.45) is 5.10 Å². The Labute approximate surface area is 230 Å². The third kappa shape index (κ3) is 6.32. The number of halogens is 1. The lowest BCUT2D eigenvalue weighted by atomic mass is 10.0. The number of ether oxygens (including phenoxy) is 2. The molecule has 5 aromatic rings. The molecule has 192 valence electrons. The third-order valence-electron chi connectivity index (χ3n) is 5.94. The predicted octanol–water partition coefficient (Wildman–Crippen LogP) is 6.91. The minimum Gasteiger partial charge on any atom is -0.484 e. The maximum absolute atomic E-state index is 12.8. The summed E-state index contributed by atoms with van der Waals surface area (Å²) in [5.74, 6) is -0.183. The summed E-state index contributed by atoms with van der Waals surface area (Å²) in [6.07, 6.45) is 1.45. The van der Waals surface area contributed by atoms with Gasteiger partial charge in [-0.3, -0.25) is 4.79 Å². The fourth-order valence-electron chi connectivity index (χ4n) is 4.00. The maximum Gasteiger partial charge on any atom is 0.345 e. The van der Waals surface area contributed by atoms with Crippen molar-refractivity contribution in [2.75, 3.05) is 6.61 Å². The molecule has 0 atom stereocenters. The number of hydrogen-bond donors (Lipinski definition) is 1. The lowest BCUT2D eigenvalue weighted by molar-refractivity contribution is -0.123. The molecular weight excluding hydrogens is 512 g/mol. The van der Waals surface area contributed by atoms with Crippen LogP contribution in [0, 0.1) is 0 Å². The van der Waals surface area contributed by atoms with Gasteiger partial charge in [0.1, 0.15) is 11.5 Å². The Morgan fingerprint density at radius 3 is 2.26 bits per heavy atom. The van der Waals surface area contributed by atoms with E-state index >= 15 is 0 Å². The largest absolute Gasteiger partial charge is 0.484 e. The number of hydrazone groups is 1. The normalized spacial score (nSPS) is 10.9. The molecule has 39 heavy (non-hydrogen) atoms. The van der Waals surface area contributed by atoms with E-state index in [2.05, 4.69) is 10.5 Å². The maximum atomic E-state index is 12.8. The number of nitrogens with zero attached hydrogens (tertiary/aromatic N) is 1. The topological polar surface area (TPSA) is 77.0 Å². The zero-order valence-corrected chi connectivity index (χ0v) is 21.5. The van der Waals surface area contributed by atoms with Gasteiger partial charge in [-0.1, -0.05) is 96.5 Å². The molecular formula is C32H23ClN2O4. The van der Waals surface area contributed by atoms with Crippen LogP contribution in [-0.2, 0) is 4.79 Å². The molecule has 0 aliphatic heterocycles. The molecule has 0 fully saturated rings. The van der Waals surface area contributed by atoms with E-state index in [0.717, 1.165) is 21.9 Å². The van der Waals surface area contributed by atoms with Crippen molar-refractivity contribution in [1.29, 1.82) is 0 Å². The van der Waals surface area contributed by atoms with Gasteiger partial charge in [-0.25, -0.2) is 10.2 Å². The molecule has 1 amide bonds. The van der Waals surface area contributed by atoms with E-state index in [1.54, 1.807) is 30.3 Å². The van der Waals surface area contributed by atoms with Gasteiger partial charge >= 0.3 is 5.97 Å². The SMILES string of the molecule is O=C(COc1ccc(-c2ccccc2)cc1)N/N=C/c1c(OC(=O)c2ccccc2Cl)ccc2ccccc12. The minimum atomic E-state index is -0.596. The van der Waals surface area contributed by atoms with Crippen LogP contribution in [0.2, 0.25) is 5.02 Å². The summed E-state index contributed by atoms with van der Waals surface area (Å²) in [5, 5.41) is 6.11. The number of carbonyl (C=O) groups excluding carboxylic acids is 2. The first-order valence-corrected chi connectivity index (χ1v) is 12.5. The van der Waals surface area contributed by atoms with Crippen LogP contribution in [0.25, 0.3) is 21.9 Å². The van der Waals surface area contributed by atoms with Gasteiger partial charge in [-0.15, -0.1) is 0 Å². The van der Waals surface area contributed by atoms with E-state index in [1.165, 1.54) is 6.21 Å². The quantitative estimate of drug-likeness (QED) is 0.102. The van der Waals surface area contributed by atoms with Crippen LogP contribution < -0.4 is 14.9 Å². The van der Waals surface area contributed by atoms with Gasteiger partial charge in [0.2, 0.25) is 0 Å². The molecule has 0 bridgehead atoms. The number of esters is 1. The van der Waals surface area contributed by atoms with Crippen LogP contribution in [0.1, 0.15) is 15.9 Å². The van der Waals surface area contributed by atoms with Gasteiger partial charge in [-0.05, 0) is 52.2 Å². The lowest BCUT2D eigenvalue weighted by Gasteiger charge is -2.11. The van der Waals surface area contributed by atoms with Crippen LogP contribution >= 0.6 is 11.6 Å². The Bertz CT molecular complexity index is 1650. The first-order valence-electron chi connectivity index (χ1n) is 12.2. The molecule has 5 rings (SSSR count). The summed E-state index contributed by atoms with van der Waals surface area (Å²) in [6, 6.07) is 35.3. The summed E-state index contributed by atoms with van der Waals surface area (Å²) in [7, 11) is 0. The number of nitrogens with one attached hydrogen (secondary N) is 1. The summed E-state index contributed by atoms with van der Waals surface area (Å²) in [5.41, 5.74) is 5.40. The summed E-state index contributed by atoms with van der Waals surface area (Å²) in [6.45, 7) is -0.216. The molecule has 5 aromatic carbocycles. The second-order valence-corrected chi connectivity index (χ2v) is 8.95. The van der Waals surface area contributed by atoms with Crippen LogP contribution in [0.3, 0.4) is 0 Å². The van der Waals surface area contributed by atoms with Crippen LogP contribution in [-0.4, -0.2) is 24.7 Å². The van der Waals surface area contributed by atoms with Gasteiger partial charge in [-0.2, -0.15) is 5.10 Å². The lowest BCUT2D eigenvalue weighted by Crippen LogP contribution is -2.24. The molecule has 0 aliphatic carbocycles. The zero-order chi connectivity index (χ0) is 27.0. The molecule has 0 saturated heterocycles. The van der Waals surface area contributed by atoms with E-state index in [-0.39, 0.29) is 17.9 Å². The van der Waals surface area contributed by atoms with Gasteiger partial charge in [0.25, 0.3) is 5.91 Å². The number of fused-ring (bicyclic) bond motifs is 1. The molecule has 1 N–H and O–H groups in total. The minimum absolute atomic E-state index is 0.216. The molecule has 0 aromatic heterocycles. The van der Waals surface area contributed by atoms with Gasteiger partial charge in [0, 0.05) is 5.56 Å². The number of hydrogen-bond acceptors (Lipinski definition) is 5. The summed E-state index contributed by atoms with van der Waals surface area (Å²) in [4.78, 5) is 25.2. The number of carbonyl (C=O) groups is 2. The van der Waals surface area contributed by atoms with E-state index in [0.29, 0.717) is 16.3 Å². The van der Waals surface area contributed by atoms with Gasteiger partial charge < -0.3 is 9.47 Å². The van der Waals surface area contributed by atoms with E-state index in [9.17, 15) is 9.59 Å². The Balaban J connectivity index is 1.26. The molecule has 0 saturated carbocycles. The monoisotopic (exact) mass is 534 g/mol. The number of benzene rings is 5. The van der Waals surface area contributed by atoms with Crippen LogP contribution in [0.4, 0.5) is 0 Å².